The molecule has 0 atom stereocenters. The highest BCUT2D eigenvalue weighted by Crippen LogP contribution is 2.18. The molecule has 0 radical (unpaired) electrons. The van der Waals surface area contributed by atoms with E-state index in [9.17, 15) is 4.39 Å². The first-order valence-electron chi connectivity index (χ1n) is 6.34. The lowest BCUT2D eigenvalue weighted by atomic mass is 10.3. The molecule has 2 aromatic rings. The molecule has 0 unspecified atom stereocenters. The topological polar surface area (TPSA) is 59.1 Å². The summed E-state index contributed by atoms with van der Waals surface area (Å²) in [5.74, 6) is 1.56. The van der Waals surface area contributed by atoms with Crippen LogP contribution in [0.1, 0.15) is 12.7 Å². The van der Waals surface area contributed by atoms with Crippen LogP contribution in [0.3, 0.4) is 0 Å². The van der Waals surface area contributed by atoms with E-state index >= 15 is 0 Å². The number of anilines is 3. The van der Waals surface area contributed by atoms with Gasteiger partial charge in [0.2, 0.25) is 0 Å². The van der Waals surface area contributed by atoms with Gasteiger partial charge in [-0.15, -0.1) is 0 Å². The van der Waals surface area contributed by atoms with Gasteiger partial charge in [-0.1, -0.05) is 6.07 Å². The summed E-state index contributed by atoms with van der Waals surface area (Å²) in [5, 5.41) is 6.18. The van der Waals surface area contributed by atoms with Gasteiger partial charge in [0.15, 0.2) is 5.82 Å². The maximum Gasteiger partial charge on any atom is 0.158 e. The summed E-state index contributed by atoms with van der Waals surface area (Å²) in [6, 6.07) is 7.98. The molecule has 2 N–H and O–H groups in total. The Labute approximate surface area is 117 Å². The molecule has 0 saturated heterocycles. The molecule has 2 rings (SSSR count). The molecular weight excluding hydrogens is 259 g/mol. The summed E-state index contributed by atoms with van der Waals surface area (Å²) in [6.45, 7) is 3.05. The van der Waals surface area contributed by atoms with Crippen LogP contribution < -0.4 is 10.6 Å². The van der Waals surface area contributed by atoms with Crippen molar-refractivity contribution >= 4 is 17.3 Å². The quantitative estimate of drug-likeness (QED) is 0.849. The maximum atomic E-state index is 13.2. The molecule has 1 aromatic carbocycles. The molecule has 0 aliphatic carbocycles. The van der Waals surface area contributed by atoms with E-state index < -0.39 is 0 Å². The van der Waals surface area contributed by atoms with Gasteiger partial charge in [0.05, 0.1) is 0 Å². The number of nitrogens with zero attached hydrogens (tertiary/aromatic N) is 2. The van der Waals surface area contributed by atoms with E-state index in [1.165, 1.54) is 12.1 Å². The van der Waals surface area contributed by atoms with Crippen molar-refractivity contribution in [2.75, 3.05) is 24.3 Å². The number of aromatic nitrogens is 2. The zero-order valence-electron chi connectivity index (χ0n) is 11.5. The van der Waals surface area contributed by atoms with Crippen LogP contribution in [0.5, 0.6) is 0 Å². The number of halogens is 1. The number of hydrogen-bond donors (Lipinski definition) is 2. The molecule has 0 spiro atoms. The van der Waals surface area contributed by atoms with Crippen molar-refractivity contribution in [3.63, 3.8) is 0 Å². The van der Waals surface area contributed by atoms with Crippen LogP contribution in [0.4, 0.5) is 21.7 Å². The Morgan fingerprint density at radius 3 is 2.70 bits per heavy atom. The molecule has 0 bridgehead atoms. The molecule has 106 valence electrons. The Morgan fingerprint density at radius 1 is 1.20 bits per heavy atom. The largest absolute Gasteiger partial charge is 0.377 e. The zero-order valence-corrected chi connectivity index (χ0v) is 11.5. The molecule has 0 amide bonds. The lowest BCUT2D eigenvalue weighted by molar-refractivity contribution is 0.178. The van der Waals surface area contributed by atoms with Crippen molar-refractivity contribution in [3.8, 4) is 0 Å². The van der Waals surface area contributed by atoms with Crippen LogP contribution in [0.25, 0.3) is 0 Å². The van der Waals surface area contributed by atoms with Crippen molar-refractivity contribution in [3.05, 3.63) is 42.0 Å². The third-order valence-electron chi connectivity index (χ3n) is 2.50. The fourth-order valence-corrected chi connectivity index (χ4v) is 1.74. The summed E-state index contributed by atoms with van der Waals surface area (Å²) in [7, 11) is 1.59. The van der Waals surface area contributed by atoms with Crippen LogP contribution in [-0.2, 0) is 11.3 Å². The van der Waals surface area contributed by atoms with Crippen LogP contribution in [0, 0.1) is 5.82 Å². The van der Waals surface area contributed by atoms with Gasteiger partial charge in [-0.25, -0.2) is 14.4 Å². The first-order valence-corrected chi connectivity index (χ1v) is 6.34. The molecule has 0 aliphatic heterocycles. The predicted molar refractivity (Wildman–Crippen MR) is 76.6 cm³/mol. The molecule has 0 saturated carbocycles. The average Bonchev–Trinajstić information content (AvgIpc) is 2.39. The van der Waals surface area contributed by atoms with E-state index in [2.05, 4.69) is 20.6 Å². The molecule has 1 heterocycles. The highest BCUT2D eigenvalue weighted by molar-refractivity contribution is 5.59. The second-order valence-electron chi connectivity index (χ2n) is 4.15. The Balaban J connectivity index is 2.25. The predicted octanol–water partition coefficient (Wildman–Crippen LogP) is 2.94. The van der Waals surface area contributed by atoms with E-state index in [0.717, 1.165) is 6.54 Å². The second kappa shape index (κ2) is 6.81. The lowest BCUT2D eigenvalue weighted by Crippen LogP contribution is -2.06. The molecule has 1 aromatic heterocycles. The lowest BCUT2D eigenvalue weighted by Gasteiger charge is -2.10. The Morgan fingerprint density at radius 2 is 2.00 bits per heavy atom. The summed E-state index contributed by atoms with van der Waals surface area (Å²) < 4.78 is 18.2. The molecule has 5 nitrogen and oxygen atoms in total. The number of rotatable bonds is 6. The minimum atomic E-state index is -0.298. The monoisotopic (exact) mass is 276 g/mol. The summed E-state index contributed by atoms with van der Waals surface area (Å²) in [6.07, 6.45) is 0. The van der Waals surface area contributed by atoms with Gasteiger partial charge in [0.1, 0.15) is 24.1 Å². The van der Waals surface area contributed by atoms with E-state index in [4.69, 9.17) is 4.74 Å². The highest BCUT2D eigenvalue weighted by Gasteiger charge is 2.05. The van der Waals surface area contributed by atoms with Crippen LogP contribution in [0.2, 0.25) is 0 Å². The normalized spacial score (nSPS) is 10.3. The smallest absolute Gasteiger partial charge is 0.158 e. The first kappa shape index (κ1) is 14.2. The fraction of sp³-hybridized carbons (Fsp3) is 0.286. The molecule has 6 heteroatoms. The summed E-state index contributed by atoms with van der Waals surface area (Å²) >= 11 is 0. The highest BCUT2D eigenvalue weighted by atomic mass is 19.1. The Kier molecular flexibility index (Phi) is 4.84. The van der Waals surface area contributed by atoms with Crippen molar-refractivity contribution in [1.29, 1.82) is 0 Å². The van der Waals surface area contributed by atoms with Gasteiger partial charge in [-0.3, -0.25) is 0 Å². The third kappa shape index (κ3) is 3.89. The van der Waals surface area contributed by atoms with Gasteiger partial charge in [-0.2, -0.15) is 0 Å². The molecule has 0 fully saturated rings. The Hall–Kier alpha value is -2.21. The average molecular weight is 276 g/mol. The van der Waals surface area contributed by atoms with Crippen molar-refractivity contribution in [2.45, 2.75) is 13.5 Å². The number of ether oxygens (including phenoxy) is 1. The number of benzene rings is 1. The van der Waals surface area contributed by atoms with Gasteiger partial charge in [0, 0.05) is 25.4 Å². The summed E-state index contributed by atoms with van der Waals surface area (Å²) in [5.41, 5.74) is 0.634. The molecule has 0 aliphatic rings. The van der Waals surface area contributed by atoms with Gasteiger partial charge in [0.25, 0.3) is 0 Å². The number of nitrogens with one attached hydrogen (secondary N) is 2. The minimum absolute atomic E-state index is 0.298. The van der Waals surface area contributed by atoms with E-state index in [1.54, 1.807) is 25.3 Å². The standard InChI is InChI=1S/C14H17FN4O/c1-3-16-12-8-13(19-14(18-12)9-20-2)17-11-6-4-5-10(15)7-11/h4-8H,3,9H2,1-2H3,(H2,16,17,18,19). The van der Waals surface area contributed by atoms with Gasteiger partial charge in [-0.05, 0) is 25.1 Å². The van der Waals surface area contributed by atoms with Crippen LogP contribution in [0.15, 0.2) is 30.3 Å². The Bertz CT molecular complexity index is 553. The van der Waals surface area contributed by atoms with E-state index in [1.807, 2.05) is 6.92 Å². The number of methoxy groups -OCH3 is 1. The molecule has 20 heavy (non-hydrogen) atoms. The molecular formula is C14H17FN4O. The maximum absolute atomic E-state index is 13.2. The van der Waals surface area contributed by atoms with Crippen LogP contribution in [-0.4, -0.2) is 23.6 Å². The van der Waals surface area contributed by atoms with Crippen molar-refractivity contribution in [1.82, 2.24) is 9.97 Å². The van der Waals surface area contributed by atoms with Gasteiger partial charge >= 0.3 is 0 Å². The van der Waals surface area contributed by atoms with E-state index in [0.29, 0.717) is 29.8 Å². The second-order valence-corrected chi connectivity index (χ2v) is 4.15. The fourth-order valence-electron chi connectivity index (χ4n) is 1.74. The summed E-state index contributed by atoms with van der Waals surface area (Å²) in [4.78, 5) is 8.63. The van der Waals surface area contributed by atoms with Gasteiger partial charge < -0.3 is 15.4 Å². The van der Waals surface area contributed by atoms with E-state index in [-0.39, 0.29) is 5.82 Å². The first-order chi connectivity index (χ1) is 9.71. The minimum Gasteiger partial charge on any atom is -0.377 e. The third-order valence-corrected chi connectivity index (χ3v) is 2.50. The number of hydrogen-bond acceptors (Lipinski definition) is 5. The van der Waals surface area contributed by atoms with Crippen molar-refractivity contribution in [2.24, 2.45) is 0 Å². The van der Waals surface area contributed by atoms with Crippen LogP contribution >= 0.6 is 0 Å². The van der Waals surface area contributed by atoms with Crippen molar-refractivity contribution < 1.29 is 9.13 Å². The SMILES string of the molecule is CCNc1cc(Nc2cccc(F)c2)nc(COC)n1. The zero-order chi connectivity index (χ0) is 14.4.